The highest BCUT2D eigenvalue weighted by atomic mass is 16.7. The fourth-order valence-corrected chi connectivity index (χ4v) is 4.24. The Hall–Kier alpha value is -3.07. The molecule has 3 aromatic rings. The predicted octanol–water partition coefficient (Wildman–Crippen LogP) is 3.60. The van der Waals surface area contributed by atoms with Gasteiger partial charge in [0.2, 0.25) is 5.91 Å². The van der Waals surface area contributed by atoms with E-state index in [1.165, 1.54) is 6.92 Å². The van der Waals surface area contributed by atoms with E-state index in [0.29, 0.717) is 13.2 Å². The number of ether oxygens (including phenoxy) is 4. The van der Waals surface area contributed by atoms with Crippen LogP contribution in [0.15, 0.2) is 91.0 Å². The Bertz CT molecular complexity index is 1050. The highest BCUT2D eigenvalue weighted by molar-refractivity contribution is 5.73. The number of carbonyl (C=O) groups excluding carboxylic acids is 1. The van der Waals surface area contributed by atoms with Crippen LogP contribution in [0, 0.1) is 0 Å². The molecule has 36 heavy (non-hydrogen) atoms. The monoisotopic (exact) mass is 491 g/mol. The molecule has 5 atom stereocenters. The van der Waals surface area contributed by atoms with Gasteiger partial charge in [-0.1, -0.05) is 91.0 Å². The van der Waals surface area contributed by atoms with Crippen LogP contribution in [0.25, 0.3) is 0 Å². The summed E-state index contributed by atoms with van der Waals surface area (Å²) in [6.07, 6.45) is -3.17. The molecular formula is C29H33NO6. The van der Waals surface area contributed by atoms with Gasteiger partial charge in [-0.2, -0.15) is 0 Å². The van der Waals surface area contributed by atoms with Crippen molar-refractivity contribution in [1.82, 2.24) is 5.32 Å². The maximum Gasteiger partial charge on any atom is 0.217 e. The molecule has 1 fully saturated rings. The molecule has 1 heterocycles. The van der Waals surface area contributed by atoms with E-state index in [1.807, 2.05) is 91.0 Å². The fourth-order valence-electron chi connectivity index (χ4n) is 4.24. The van der Waals surface area contributed by atoms with Crippen LogP contribution in [0.2, 0.25) is 0 Å². The van der Waals surface area contributed by atoms with E-state index in [0.717, 1.165) is 16.7 Å². The Balaban J connectivity index is 1.53. The van der Waals surface area contributed by atoms with Crippen LogP contribution in [-0.4, -0.2) is 48.3 Å². The van der Waals surface area contributed by atoms with Gasteiger partial charge in [0.15, 0.2) is 6.29 Å². The van der Waals surface area contributed by atoms with E-state index >= 15 is 0 Å². The molecule has 3 unspecified atom stereocenters. The summed E-state index contributed by atoms with van der Waals surface area (Å²) in [6, 6.07) is 28.6. The van der Waals surface area contributed by atoms with Crippen molar-refractivity contribution in [2.45, 2.75) is 57.4 Å². The summed E-state index contributed by atoms with van der Waals surface area (Å²) in [4.78, 5) is 12.0. The summed E-state index contributed by atoms with van der Waals surface area (Å²) in [6.45, 7) is 2.58. The van der Waals surface area contributed by atoms with Crippen molar-refractivity contribution in [3.8, 4) is 0 Å². The number of hydrogen-bond acceptors (Lipinski definition) is 6. The highest BCUT2D eigenvalue weighted by Crippen LogP contribution is 2.27. The van der Waals surface area contributed by atoms with Crippen molar-refractivity contribution in [2.75, 3.05) is 6.61 Å². The molecule has 0 aliphatic carbocycles. The van der Waals surface area contributed by atoms with Crippen molar-refractivity contribution < 1.29 is 28.8 Å². The molecule has 0 radical (unpaired) electrons. The van der Waals surface area contributed by atoms with E-state index in [9.17, 15) is 9.90 Å². The zero-order chi connectivity index (χ0) is 25.2. The van der Waals surface area contributed by atoms with Crippen LogP contribution in [0.1, 0.15) is 23.6 Å². The standard InChI is InChI=1S/C29H33NO6/c1-21(31)30-26-28(35-19-24-15-9-4-10-16-24)27(34-18-23-13-7-3-8-14-23)25(36-29(26)32)20-33-17-22-11-5-2-6-12-22/h2-16,25-29,32H,17-20H2,1H3,(H,30,31)/t25?,26?,27-,28+,29?/m0/s1. The predicted molar refractivity (Wildman–Crippen MR) is 135 cm³/mol. The molecule has 4 rings (SSSR count). The Labute approximate surface area is 212 Å². The minimum atomic E-state index is -1.28. The Morgan fingerprint density at radius 2 is 1.25 bits per heavy atom. The Morgan fingerprint density at radius 3 is 1.75 bits per heavy atom. The quantitative estimate of drug-likeness (QED) is 0.426. The van der Waals surface area contributed by atoms with Crippen LogP contribution in [0.5, 0.6) is 0 Å². The van der Waals surface area contributed by atoms with Crippen LogP contribution >= 0.6 is 0 Å². The lowest BCUT2D eigenvalue weighted by Gasteiger charge is -2.44. The number of carbonyl (C=O) groups is 1. The average Bonchev–Trinajstić information content (AvgIpc) is 2.90. The van der Waals surface area contributed by atoms with Gasteiger partial charge in [0.05, 0.1) is 26.4 Å². The lowest BCUT2D eigenvalue weighted by molar-refractivity contribution is -0.277. The zero-order valence-corrected chi connectivity index (χ0v) is 20.4. The third kappa shape index (κ3) is 7.46. The normalized spacial score (nSPS) is 23.8. The first kappa shape index (κ1) is 26.0. The Kier molecular flexibility index (Phi) is 9.61. The molecule has 7 heteroatoms. The van der Waals surface area contributed by atoms with E-state index in [4.69, 9.17) is 18.9 Å². The van der Waals surface area contributed by atoms with Gasteiger partial charge in [-0.05, 0) is 16.7 Å². The summed E-state index contributed by atoms with van der Waals surface area (Å²) in [5, 5.41) is 13.6. The molecule has 0 bridgehead atoms. The molecule has 1 aliphatic rings. The highest BCUT2D eigenvalue weighted by Gasteiger charge is 2.47. The molecule has 1 aliphatic heterocycles. The first-order chi connectivity index (χ1) is 17.6. The van der Waals surface area contributed by atoms with Gasteiger partial charge in [-0.25, -0.2) is 0 Å². The largest absolute Gasteiger partial charge is 0.374 e. The van der Waals surface area contributed by atoms with Gasteiger partial charge in [0.25, 0.3) is 0 Å². The van der Waals surface area contributed by atoms with Crippen molar-refractivity contribution in [1.29, 1.82) is 0 Å². The molecule has 0 spiro atoms. The summed E-state index contributed by atoms with van der Waals surface area (Å²) >= 11 is 0. The SMILES string of the molecule is CC(=O)NC1C(O)OC(COCc2ccccc2)[C@H](OCc2ccccc2)[C@@H]1OCc1ccccc1. The van der Waals surface area contributed by atoms with Crippen LogP contribution in [0.4, 0.5) is 0 Å². The van der Waals surface area contributed by atoms with Gasteiger partial charge in [0.1, 0.15) is 24.4 Å². The van der Waals surface area contributed by atoms with Gasteiger partial charge in [-0.15, -0.1) is 0 Å². The molecule has 3 aromatic carbocycles. The van der Waals surface area contributed by atoms with Crippen LogP contribution < -0.4 is 5.32 Å². The van der Waals surface area contributed by atoms with Gasteiger partial charge in [-0.3, -0.25) is 4.79 Å². The maximum absolute atomic E-state index is 12.0. The molecule has 0 aromatic heterocycles. The Morgan fingerprint density at radius 1 is 0.778 bits per heavy atom. The second kappa shape index (κ2) is 13.3. The second-order valence-electron chi connectivity index (χ2n) is 8.81. The average molecular weight is 492 g/mol. The number of benzene rings is 3. The third-order valence-electron chi connectivity index (χ3n) is 6.00. The molecule has 7 nitrogen and oxygen atoms in total. The lowest BCUT2D eigenvalue weighted by Crippen LogP contribution is -2.65. The van der Waals surface area contributed by atoms with Gasteiger partial charge in [0, 0.05) is 6.92 Å². The number of hydrogen-bond donors (Lipinski definition) is 2. The van der Waals surface area contributed by atoms with Crippen LogP contribution in [0.3, 0.4) is 0 Å². The van der Waals surface area contributed by atoms with E-state index in [2.05, 4.69) is 5.32 Å². The number of rotatable bonds is 11. The summed E-state index contributed by atoms with van der Waals surface area (Å²) in [5.74, 6) is -0.295. The minimum absolute atomic E-state index is 0.184. The topological polar surface area (TPSA) is 86.3 Å². The maximum atomic E-state index is 12.0. The van der Waals surface area contributed by atoms with E-state index in [-0.39, 0.29) is 19.1 Å². The number of amides is 1. The summed E-state index contributed by atoms with van der Waals surface area (Å²) in [7, 11) is 0. The third-order valence-corrected chi connectivity index (χ3v) is 6.00. The smallest absolute Gasteiger partial charge is 0.217 e. The van der Waals surface area contributed by atoms with Crippen LogP contribution in [-0.2, 0) is 43.6 Å². The first-order valence-electron chi connectivity index (χ1n) is 12.1. The molecule has 190 valence electrons. The van der Waals surface area contributed by atoms with Crippen molar-refractivity contribution in [2.24, 2.45) is 0 Å². The zero-order valence-electron chi connectivity index (χ0n) is 20.4. The van der Waals surface area contributed by atoms with Gasteiger partial charge >= 0.3 is 0 Å². The first-order valence-corrected chi connectivity index (χ1v) is 12.1. The fraction of sp³-hybridized carbons (Fsp3) is 0.345. The number of aliphatic hydroxyl groups excluding tert-OH is 1. The summed E-state index contributed by atoms with van der Waals surface area (Å²) in [5.41, 5.74) is 2.99. The van der Waals surface area contributed by atoms with E-state index in [1.54, 1.807) is 0 Å². The number of aliphatic hydroxyl groups is 1. The van der Waals surface area contributed by atoms with Crippen molar-refractivity contribution in [3.05, 3.63) is 108 Å². The lowest BCUT2D eigenvalue weighted by atomic mass is 9.96. The minimum Gasteiger partial charge on any atom is -0.374 e. The van der Waals surface area contributed by atoms with Crippen molar-refractivity contribution in [3.63, 3.8) is 0 Å². The molecule has 1 amide bonds. The summed E-state index contributed by atoms with van der Waals surface area (Å²) < 4.78 is 24.6. The molecule has 0 saturated carbocycles. The van der Waals surface area contributed by atoms with Gasteiger partial charge < -0.3 is 29.4 Å². The molecule has 1 saturated heterocycles. The second-order valence-corrected chi connectivity index (χ2v) is 8.81. The van der Waals surface area contributed by atoms with Crippen molar-refractivity contribution >= 4 is 5.91 Å². The molecule has 2 N–H and O–H groups in total. The van der Waals surface area contributed by atoms with E-state index < -0.39 is 30.6 Å². The molecular weight excluding hydrogens is 458 g/mol. The number of nitrogens with one attached hydrogen (secondary N) is 1.